The molecule has 0 unspecified atom stereocenters. The van der Waals surface area contributed by atoms with Gasteiger partial charge in [0, 0.05) is 11.8 Å². The number of carbonyl (C=O) groups excluding carboxylic acids is 1. The minimum Gasteiger partial charge on any atom is -0.393 e. The Bertz CT molecular complexity index is 1130. The van der Waals surface area contributed by atoms with Crippen LogP contribution in [0, 0.1) is 6.92 Å². The van der Waals surface area contributed by atoms with E-state index >= 15 is 0 Å². The molecular formula is C20H20F3N3O6. The molecule has 0 spiro atoms. The van der Waals surface area contributed by atoms with E-state index in [1.165, 1.54) is 6.92 Å². The van der Waals surface area contributed by atoms with Crippen molar-refractivity contribution in [2.24, 2.45) is 0 Å². The number of alkyl halides is 3. The van der Waals surface area contributed by atoms with E-state index < -0.39 is 60.5 Å². The Kier molecular flexibility index (Phi) is 5.47. The van der Waals surface area contributed by atoms with Crippen molar-refractivity contribution in [3.05, 3.63) is 68.5 Å². The number of hydrogen-bond donors (Lipinski definition) is 2. The van der Waals surface area contributed by atoms with Crippen molar-refractivity contribution in [2.45, 2.75) is 43.7 Å². The largest absolute Gasteiger partial charge is 0.471 e. The summed E-state index contributed by atoms with van der Waals surface area (Å²) in [5, 5.41) is 10.1. The first-order valence-electron chi connectivity index (χ1n) is 9.71. The molecule has 1 amide bonds. The number of H-pyrrole nitrogens is 1. The fraction of sp³-hybridized carbons (Fsp3) is 0.450. The standard InChI is InChI=1S/C20H20F3N3O6/c1-11-7-25(18(30)24-15(11)28)16-13-14(31-8-12-5-3-2-4-6-12)19(10-27,32-16)9-26(13)17(29)20(21,22)23/h2-7,13-14,16,27H,8-10H2,1H3,(H,24,28,30)/t13-,14+,16-,19-/m1/s1. The summed E-state index contributed by atoms with van der Waals surface area (Å²) in [6.07, 6.45) is -6.61. The van der Waals surface area contributed by atoms with Crippen molar-refractivity contribution in [1.29, 1.82) is 0 Å². The van der Waals surface area contributed by atoms with Gasteiger partial charge < -0.3 is 19.5 Å². The van der Waals surface area contributed by atoms with Crippen molar-refractivity contribution in [2.75, 3.05) is 13.2 Å². The van der Waals surface area contributed by atoms with Crippen LogP contribution < -0.4 is 11.2 Å². The quantitative estimate of drug-likeness (QED) is 0.678. The zero-order valence-electron chi connectivity index (χ0n) is 16.8. The predicted octanol–water partition coefficient (Wildman–Crippen LogP) is 0.463. The van der Waals surface area contributed by atoms with Crippen molar-refractivity contribution < 1.29 is 32.5 Å². The number of aromatic nitrogens is 2. The fourth-order valence-electron chi connectivity index (χ4n) is 4.23. The highest BCUT2D eigenvalue weighted by atomic mass is 19.4. The number of aliphatic hydroxyl groups excluding tert-OH is 1. The number of aliphatic hydroxyl groups is 1. The highest BCUT2D eigenvalue weighted by Gasteiger charge is 2.68. The van der Waals surface area contributed by atoms with Gasteiger partial charge in [0.2, 0.25) is 0 Å². The highest BCUT2D eigenvalue weighted by Crippen LogP contribution is 2.48. The molecule has 4 atom stereocenters. The molecule has 2 aliphatic heterocycles. The molecule has 32 heavy (non-hydrogen) atoms. The average molecular weight is 455 g/mol. The molecule has 172 valence electrons. The maximum absolute atomic E-state index is 13.3. The number of hydrogen-bond acceptors (Lipinski definition) is 6. The maximum atomic E-state index is 13.3. The average Bonchev–Trinajstić information content (AvgIpc) is 3.24. The van der Waals surface area contributed by atoms with Gasteiger partial charge in [0.15, 0.2) is 6.23 Å². The van der Waals surface area contributed by atoms with Gasteiger partial charge in [-0.25, -0.2) is 4.79 Å². The maximum Gasteiger partial charge on any atom is 0.471 e. The van der Waals surface area contributed by atoms with E-state index in [9.17, 15) is 32.7 Å². The number of carbonyl (C=O) groups is 1. The number of nitrogens with one attached hydrogen (secondary N) is 1. The van der Waals surface area contributed by atoms with Crippen LogP contribution in [0.1, 0.15) is 17.4 Å². The molecule has 2 aliphatic rings. The summed E-state index contributed by atoms with van der Waals surface area (Å²) in [7, 11) is 0. The Morgan fingerprint density at radius 2 is 2.00 bits per heavy atom. The molecule has 9 nitrogen and oxygen atoms in total. The molecule has 2 fully saturated rings. The number of ether oxygens (including phenoxy) is 2. The van der Waals surface area contributed by atoms with Crippen LogP contribution in [-0.4, -0.2) is 62.5 Å². The molecule has 2 aromatic rings. The van der Waals surface area contributed by atoms with Gasteiger partial charge in [-0.1, -0.05) is 30.3 Å². The van der Waals surface area contributed by atoms with Crippen molar-refractivity contribution >= 4 is 5.91 Å². The number of benzene rings is 1. The number of likely N-dealkylation sites (tertiary alicyclic amines) is 1. The predicted molar refractivity (Wildman–Crippen MR) is 103 cm³/mol. The summed E-state index contributed by atoms with van der Waals surface area (Å²) in [6, 6.07) is 7.41. The summed E-state index contributed by atoms with van der Waals surface area (Å²) < 4.78 is 52.6. The molecule has 2 N–H and O–H groups in total. The lowest BCUT2D eigenvalue weighted by molar-refractivity contribution is -0.202. The molecule has 4 rings (SSSR count). The van der Waals surface area contributed by atoms with Crippen LogP contribution in [0.5, 0.6) is 0 Å². The van der Waals surface area contributed by atoms with Gasteiger partial charge >= 0.3 is 17.8 Å². The molecule has 1 aromatic heterocycles. The third-order valence-electron chi connectivity index (χ3n) is 5.74. The molecule has 0 aliphatic carbocycles. The second-order valence-electron chi connectivity index (χ2n) is 7.85. The number of amides is 1. The van der Waals surface area contributed by atoms with Crippen LogP contribution in [0.4, 0.5) is 13.2 Å². The lowest BCUT2D eigenvalue weighted by Crippen LogP contribution is -2.54. The second-order valence-corrected chi connectivity index (χ2v) is 7.85. The minimum absolute atomic E-state index is 0.0204. The summed E-state index contributed by atoms with van der Waals surface area (Å²) in [5.41, 5.74) is -2.44. The Hall–Kier alpha value is -2.96. The summed E-state index contributed by atoms with van der Waals surface area (Å²) in [6.45, 7) is 0.0664. The highest BCUT2D eigenvalue weighted by molar-refractivity contribution is 5.83. The minimum atomic E-state index is -5.18. The zero-order chi connectivity index (χ0) is 23.3. The number of nitrogens with zero attached hydrogens (tertiary/aromatic N) is 2. The van der Waals surface area contributed by atoms with Gasteiger partial charge in [-0.15, -0.1) is 0 Å². The first-order chi connectivity index (χ1) is 15.1. The monoisotopic (exact) mass is 455 g/mol. The Labute approximate surface area is 179 Å². The normalized spacial score (nSPS) is 27.2. The van der Waals surface area contributed by atoms with E-state index in [0.29, 0.717) is 10.5 Å². The van der Waals surface area contributed by atoms with E-state index in [-0.39, 0.29) is 12.2 Å². The first-order valence-corrected chi connectivity index (χ1v) is 9.71. The Morgan fingerprint density at radius 1 is 1.31 bits per heavy atom. The summed E-state index contributed by atoms with van der Waals surface area (Å²) in [5.74, 6) is -2.13. The Morgan fingerprint density at radius 3 is 2.62 bits per heavy atom. The van der Waals surface area contributed by atoms with Crippen molar-refractivity contribution in [3.63, 3.8) is 0 Å². The summed E-state index contributed by atoms with van der Waals surface area (Å²) >= 11 is 0. The van der Waals surface area contributed by atoms with Crippen LogP contribution in [0.3, 0.4) is 0 Å². The topological polar surface area (TPSA) is 114 Å². The van der Waals surface area contributed by atoms with Gasteiger partial charge in [-0.05, 0) is 12.5 Å². The van der Waals surface area contributed by atoms with E-state index in [4.69, 9.17) is 9.47 Å². The number of morpholine rings is 1. The van der Waals surface area contributed by atoms with Crippen LogP contribution in [0.25, 0.3) is 0 Å². The third kappa shape index (κ3) is 3.63. The third-order valence-corrected chi connectivity index (χ3v) is 5.74. The number of fused-ring (bicyclic) bond motifs is 2. The van der Waals surface area contributed by atoms with Gasteiger partial charge in [-0.3, -0.25) is 19.1 Å². The van der Waals surface area contributed by atoms with Gasteiger partial charge in [-0.2, -0.15) is 13.2 Å². The smallest absolute Gasteiger partial charge is 0.393 e. The molecule has 2 saturated heterocycles. The molecule has 1 aromatic carbocycles. The lowest BCUT2D eigenvalue weighted by Gasteiger charge is -2.36. The first kappa shape index (κ1) is 22.2. The number of halogens is 3. The SMILES string of the molecule is Cc1cn([C@@H]2O[C@@]3(CO)CN(C(=O)C(F)(F)F)[C@@H]2[C@@H]3OCc2ccccc2)c(=O)[nH]c1=O. The lowest BCUT2D eigenvalue weighted by atomic mass is 10.00. The molecule has 0 radical (unpaired) electrons. The number of aryl methyl sites for hydroxylation is 1. The molecule has 2 bridgehead atoms. The van der Waals surface area contributed by atoms with E-state index in [2.05, 4.69) is 4.98 Å². The van der Waals surface area contributed by atoms with Crippen LogP contribution in [-0.2, 0) is 20.9 Å². The molecule has 0 saturated carbocycles. The van der Waals surface area contributed by atoms with Crippen LogP contribution in [0.15, 0.2) is 46.1 Å². The van der Waals surface area contributed by atoms with Crippen LogP contribution >= 0.6 is 0 Å². The van der Waals surface area contributed by atoms with E-state index in [1.54, 1.807) is 30.3 Å². The second kappa shape index (κ2) is 7.87. The van der Waals surface area contributed by atoms with E-state index in [0.717, 1.165) is 10.8 Å². The number of rotatable bonds is 5. The fourth-order valence-corrected chi connectivity index (χ4v) is 4.23. The zero-order valence-corrected chi connectivity index (χ0v) is 16.8. The Balaban J connectivity index is 1.76. The molecular weight excluding hydrogens is 435 g/mol. The van der Waals surface area contributed by atoms with Gasteiger partial charge in [0.25, 0.3) is 5.56 Å². The number of aromatic amines is 1. The van der Waals surface area contributed by atoms with E-state index in [1.807, 2.05) is 0 Å². The van der Waals surface area contributed by atoms with Gasteiger partial charge in [0.05, 0.1) is 19.8 Å². The van der Waals surface area contributed by atoms with Crippen molar-refractivity contribution in [1.82, 2.24) is 14.5 Å². The molecule has 3 heterocycles. The summed E-state index contributed by atoms with van der Waals surface area (Å²) in [4.78, 5) is 38.9. The van der Waals surface area contributed by atoms with Crippen LogP contribution in [0.2, 0.25) is 0 Å². The molecule has 12 heteroatoms. The van der Waals surface area contributed by atoms with Gasteiger partial charge in [0.1, 0.15) is 17.7 Å². The van der Waals surface area contributed by atoms with Crippen molar-refractivity contribution in [3.8, 4) is 0 Å².